The largest absolute Gasteiger partial charge is 0.492 e. The summed E-state index contributed by atoms with van der Waals surface area (Å²) in [5, 5.41) is 6.87. The summed E-state index contributed by atoms with van der Waals surface area (Å²) in [5.74, 6) is 1.42. The molecule has 1 aromatic heterocycles. The Hall–Kier alpha value is -2.50. The van der Waals surface area contributed by atoms with E-state index in [0.29, 0.717) is 24.6 Å². The van der Waals surface area contributed by atoms with Crippen molar-refractivity contribution < 1.29 is 14.1 Å². The van der Waals surface area contributed by atoms with Gasteiger partial charge < -0.3 is 19.5 Å². The average Bonchev–Trinajstić information content (AvgIpc) is 3.18. The number of nitrogens with zero attached hydrogens (tertiary/aromatic N) is 2. The van der Waals surface area contributed by atoms with E-state index in [-0.39, 0.29) is 12.1 Å². The SMILES string of the molecule is CCOc1ccccc1NC(=O)N1CCC[C@@H]1c1cc(C)no1. The van der Waals surface area contributed by atoms with Gasteiger partial charge in [-0.3, -0.25) is 0 Å². The number of hydrogen-bond acceptors (Lipinski definition) is 4. The van der Waals surface area contributed by atoms with Crippen LogP contribution in [0.25, 0.3) is 0 Å². The van der Waals surface area contributed by atoms with E-state index in [4.69, 9.17) is 9.26 Å². The second-order valence-corrected chi connectivity index (χ2v) is 5.58. The first kappa shape index (κ1) is 15.4. The van der Waals surface area contributed by atoms with Crippen LogP contribution in [-0.2, 0) is 0 Å². The summed E-state index contributed by atoms with van der Waals surface area (Å²) in [6.07, 6.45) is 1.83. The number of likely N-dealkylation sites (tertiary alicyclic amines) is 1. The molecule has 0 spiro atoms. The summed E-state index contributed by atoms with van der Waals surface area (Å²) in [5.41, 5.74) is 1.51. The van der Waals surface area contributed by atoms with Crippen molar-refractivity contribution in [2.75, 3.05) is 18.5 Å². The number of aryl methyl sites for hydroxylation is 1. The van der Waals surface area contributed by atoms with Crippen LogP contribution in [0.4, 0.5) is 10.5 Å². The minimum Gasteiger partial charge on any atom is -0.492 e. The third kappa shape index (κ3) is 3.31. The number of amides is 2. The molecule has 1 saturated heterocycles. The van der Waals surface area contributed by atoms with Gasteiger partial charge in [-0.15, -0.1) is 0 Å². The minimum atomic E-state index is -0.145. The predicted octanol–water partition coefficient (Wildman–Crippen LogP) is 3.75. The molecule has 0 bridgehead atoms. The summed E-state index contributed by atoms with van der Waals surface area (Å²) in [6.45, 7) is 5.05. The van der Waals surface area contributed by atoms with Crippen molar-refractivity contribution in [3.63, 3.8) is 0 Å². The van der Waals surface area contributed by atoms with Crippen LogP contribution >= 0.6 is 0 Å². The van der Waals surface area contributed by atoms with Gasteiger partial charge in [0.15, 0.2) is 5.76 Å². The van der Waals surface area contributed by atoms with Crippen LogP contribution in [0.5, 0.6) is 5.75 Å². The molecule has 1 aliphatic heterocycles. The van der Waals surface area contributed by atoms with E-state index < -0.39 is 0 Å². The Kier molecular flexibility index (Phi) is 4.50. The molecule has 0 unspecified atom stereocenters. The number of aromatic nitrogens is 1. The molecule has 1 aromatic carbocycles. The monoisotopic (exact) mass is 315 g/mol. The van der Waals surface area contributed by atoms with Gasteiger partial charge in [0.05, 0.1) is 24.0 Å². The summed E-state index contributed by atoms with van der Waals surface area (Å²) < 4.78 is 10.9. The molecule has 6 heteroatoms. The molecule has 2 amide bonds. The van der Waals surface area contributed by atoms with Gasteiger partial charge in [0, 0.05) is 12.6 Å². The molecular formula is C17H21N3O3. The number of rotatable bonds is 4. The third-order valence-corrected chi connectivity index (χ3v) is 3.92. The molecule has 122 valence electrons. The number of anilines is 1. The lowest BCUT2D eigenvalue weighted by Gasteiger charge is -2.23. The Balaban J connectivity index is 1.75. The minimum absolute atomic E-state index is 0.0598. The van der Waals surface area contributed by atoms with Crippen molar-refractivity contribution in [2.24, 2.45) is 0 Å². The van der Waals surface area contributed by atoms with Crippen molar-refractivity contribution in [3.05, 3.63) is 41.8 Å². The molecule has 0 saturated carbocycles. The highest BCUT2D eigenvalue weighted by atomic mass is 16.5. The average molecular weight is 315 g/mol. The van der Waals surface area contributed by atoms with Crippen LogP contribution in [0.1, 0.15) is 37.3 Å². The number of benzene rings is 1. The van der Waals surface area contributed by atoms with E-state index in [2.05, 4.69) is 10.5 Å². The van der Waals surface area contributed by atoms with Crippen LogP contribution in [0.3, 0.4) is 0 Å². The van der Waals surface area contributed by atoms with Gasteiger partial charge in [-0.05, 0) is 38.8 Å². The van der Waals surface area contributed by atoms with Crippen LogP contribution in [0.15, 0.2) is 34.9 Å². The Morgan fingerprint density at radius 1 is 1.48 bits per heavy atom. The Morgan fingerprint density at radius 2 is 2.30 bits per heavy atom. The zero-order chi connectivity index (χ0) is 16.2. The smallest absolute Gasteiger partial charge is 0.322 e. The standard InChI is InChI=1S/C17H21N3O3/c1-3-22-15-9-5-4-7-13(15)18-17(21)20-10-6-8-14(20)16-11-12(2)19-23-16/h4-5,7,9,11,14H,3,6,8,10H2,1-2H3,(H,18,21)/t14-/m1/s1. The fourth-order valence-electron chi connectivity index (χ4n) is 2.88. The molecule has 1 N–H and O–H groups in total. The van der Waals surface area contributed by atoms with Gasteiger partial charge in [-0.25, -0.2) is 4.79 Å². The normalized spacial score (nSPS) is 17.3. The Labute approximate surface area is 135 Å². The lowest BCUT2D eigenvalue weighted by atomic mass is 10.1. The zero-order valence-electron chi connectivity index (χ0n) is 13.4. The maximum Gasteiger partial charge on any atom is 0.322 e. The van der Waals surface area contributed by atoms with Gasteiger partial charge >= 0.3 is 6.03 Å². The van der Waals surface area contributed by atoms with E-state index >= 15 is 0 Å². The molecule has 1 aliphatic rings. The molecule has 3 rings (SSSR count). The Bertz CT molecular complexity index is 683. The van der Waals surface area contributed by atoms with Gasteiger partial charge in [0.1, 0.15) is 5.75 Å². The van der Waals surface area contributed by atoms with Crippen LogP contribution in [-0.4, -0.2) is 29.2 Å². The highest BCUT2D eigenvalue weighted by molar-refractivity contribution is 5.91. The first-order valence-corrected chi connectivity index (χ1v) is 7.91. The topological polar surface area (TPSA) is 67.6 Å². The van der Waals surface area contributed by atoms with Gasteiger partial charge in [-0.2, -0.15) is 0 Å². The van der Waals surface area contributed by atoms with E-state index in [9.17, 15) is 4.79 Å². The fourth-order valence-corrected chi connectivity index (χ4v) is 2.88. The third-order valence-electron chi connectivity index (χ3n) is 3.92. The fraction of sp³-hybridized carbons (Fsp3) is 0.412. The van der Waals surface area contributed by atoms with Gasteiger partial charge in [0.2, 0.25) is 0 Å². The lowest BCUT2D eigenvalue weighted by Crippen LogP contribution is -2.34. The van der Waals surface area contributed by atoms with Gasteiger partial charge in [-0.1, -0.05) is 17.3 Å². The molecule has 1 atom stereocenters. The number of para-hydroxylation sites is 2. The van der Waals surface area contributed by atoms with E-state index in [1.807, 2.05) is 44.2 Å². The van der Waals surface area contributed by atoms with E-state index in [1.54, 1.807) is 4.90 Å². The second kappa shape index (κ2) is 6.73. The molecule has 0 radical (unpaired) electrons. The van der Waals surface area contributed by atoms with E-state index in [0.717, 1.165) is 24.3 Å². The quantitative estimate of drug-likeness (QED) is 0.933. The Morgan fingerprint density at radius 3 is 3.04 bits per heavy atom. The van der Waals surface area contributed by atoms with Crippen molar-refractivity contribution >= 4 is 11.7 Å². The maximum atomic E-state index is 12.7. The molecular weight excluding hydrogens is 294 g/mol. The number of carbonyl (C=O) groups is 1. The van der Waals surface area contributed by atoms with Crippen LogP contribution < -0.4 is 10.1 Å². The second-order valence-electron chi connectivity index (χ2n) is 5.58. The highest BCUT2D eigenvalue weighted by Gasteiger charge is 2.33. The first-order valence-electron chi connectivity index (χ1n) is 7.91. The van der Waals surface area contributed by atoms with Crippen molar-refractivity contribution in [2.45, 2.75) is 32.7 Å². The maximum absolute atomic E-state index is 12.7. The number of ether oxygens (including phenoxy) is 1. The zero-order valence-corrected chi connectivity index (χ0v) is 13.4. The van der Waals surface area contributed by atoms with Crippen molar-refractivity contribution in [3.8, 4) is 5.75 Å². The van der Waals surface area contributed by atoms with E-state index in [1.165, 1.54) is 0 Å². The lowest BCUT2D eigenvalue weighted by molar-refractivity contribution is 0.195. The van der Waals surface area contributed by atoms with Crippen molar-refractivity contribution in [1.29, 1.82) is 0 Å². The van der Waals surface area contributed by atoms with Gasteiger partial charge in [0.25, 0.3) is 0 Å². The predicted molar refractivity (Wildman–Crippen MR) is 86.6 cm³/mol. The molecule has 0 aliphatic carbocycles. The highest BCUT2D eigenvalue weighted by Crippen LogP contribution is 2.33. The number of carbonyl (C=O) groups excluding carboxylic acids is 1. The summed E-state index contributed by atoms with van der Waals surface area (Å²) in [4.78, 5) is 14.5. The molecule has 23 heavy (non-hydrogen) atoms. The number of urea groups is 1. The van der Waals surface area contributed by atoms with Crippen LogP contribution in [0.2, 0.25) is 0 Å². The molecule has 1 fully saturated rings. The molecule has 6 nitrogen and oxygen atoms in total. The number of hydrogen-bond donors (Lipinski definition) is 1. The molecule has 2 heterocycles. The number of nitrogens with one attached hydrogen (secondary N) is 1. The first-order chi connectivity index (χ1) is 11.2. The van der Waals surface area contributed by atoms with Crippen molar-refractivity contribution in [1.82, 2.24) is 10.1 Å². The summed E-state index contributed by atoms with van der Waals surface area (Å²) in [6, 6.07) is 9.14. The molecule has 2 aromatic rings. The van der Waals surface area contributed by atoms with Crippen LogP contribution in [0, 0.1) is 6.92 Å². The summed E-state index contributed by atoms with van der Waals surface area (Å²) in [7, 11) is 0. The summed E-state index contributed by atoms with van der Waals surface area (Å²) >= 11 is 0.